The highest BCUT2D eigenvalue weighted by Crippen LogP contribution is 2.22. The summed E-state index contributed by atoms with van der Waals surface area (Å²) in [7, 11) is -3.40. The van der Waals surface area contributed by atoms with Crippen molar-refractivity contribution in [3.05, 3.63) is 59.7 Å². The van der Waals surface area contributed by atoms with Gasteiger partial charge in [-0.2, -0.15) is 4.31 Å². The van der Waals surface area contributed by atoms with Gasteiger partial charge in [-0.05, 0) is 60.6 Å². The van der Waals surface area contributed by atoms with E-state index in [-0.39, 0.29) is 12.4 Å². The maximum atomic E-state index is 12.5. The smallest absolute Gasteiger partial charge is 0.311 e. The SMILES string of the molecule is CC(C)c1cccc(OC(=O)CCc2ccc(S(=O)(=O)N3CCCC3)cc2)c1. The van der Waals surface area contributed by atoms with E-state index in [1.807, 2.05) is 18.2 Å². The summed E-state index contributed by atoms with van der Waals surface area (Å²) >= 11 is 0. The normalized spacial score (nSPS) is 15.1. The Labute approximate surface area is 167 Å². The quantitative estimate of drug-likeness (QED) is 0.517. The first kappa shape index (κ1) is 20.6. The monoisotopic (exact) mass is 401 g/mol. The van der Waals surface area contributed by atoms with Crippen LogP contribution in [0.15, 0.2) is 53.4 Å². The first-order valence-electron chi connectivity index (χ1n) is 9.76. The topological polar surface area (TPSA) is 63.7 Å². The van der Waals surface area contributed by atoms with E-state index in [9.17, 15) is 13.2 Å². The van der Waals surface area contributed by atoms with Gasteiger partial charge in [0.2, 0.25) is 10.0 Å². The molecule has 0 bridgehead atoms. The molecule has 0 saturated carbocycles. The number of ether oxygens (including phenoxy) is 1. The molecular weight excluding hydrogens is 374 g/mol. The Hall–Kier alpha value is -2.18. The number of esters is 1. The zero-order valence-corrected chi connectivity index (χ0v) is 17.2. The minimum atomic E-state index is -3.40. The Balaban J connectivity index is 1.56. The van der Waals surface area contributed by atoms with E-state index in [1.165, 1.54) is 4.31 Å². The standard InChI is InChI=1S/C22H27NO4S/c1-17(2)19-6-5-7-20(16-19)27-22(24)13-10-18-8-11-21(12-9-18)28(25,26)23-14-3-4-15-23/h5-9,11-12,16-17H,3-4,10,13-15H2,1-2H3. The van der Waals surface area contributed by atoms with Crippen LogP contribution in [0, 0.1) is 0 Å². The lowest BCUT2D eigenvalue weighted by atomic mass is 10.0. The fraction of sp³-hybridized carbons (Fsp3) is 0.409. The van der Waals surface area contributed by atoms with E-state index in [1.54, 1.807) is 30.3 Å². The average molecular weight is 402 g/mol. The third-order valence-corrected chi connectivity index (χ3v) is 6.91. The minimum Gasteiger partial charge on any atom is -0.427 e. The fourth-order valence-electron chi connectivity index (χ4n) is 3.27. The number of nitrogens with zero attached hydrogens (tertiary/aromatic N) is 1. The minimum absolute atomic E-state index is 0.240. The number of carbonyl (C=O) groups excluding carboxylic acids is 1. The molecule has 28 heavy (non-hydrogen) atoms. The predicted molar refractivity (Wildman–Crippen MR) is 109 cm³/mol. The van der Waals surface area contributed by atoms with E-state index in [0.717, 1.165) is 24.0 Å². The summed E-state index contributed by atoms with van der Waals surface area (Å²) in [5, 5.41) is 0. The molecule has 3 rings (SSSR count). The van der Waals surface area contributed by atoms with Crippen LogP contribution in [-0.2, 0) is 21.2 Å². The fourth-order valence-corrected chi connectivity index (χ4v) is 4.79. The van der Waals surface area contributed by atoms with Gasteiger partial charge in [-0.3, -0.25) is 4.79 Å². The number of rotatable bonds is 7. The van der Waals surface area contributed by atoms with Gasteiger partial charge in [-0.1, -0.05) is 38.1 Å². The largest absolute Gasteiger partial charge is 0.427 e. The van der Waals surface area contributed by atoms with Gasteiger partial charge in [0.1, 0.15) is 5.75 Å². The van der Waals surface area contributed by atoms with Crippen molar-refractivity contribution in [2.75, 3.05) is 13.1 Å². The van der Waals surface area contributed by atoms with Gasteiger partial charge in [-0.15, -0.1) is 0 Å². The number of sulfonamides is 1. The molecule has 0 spiro atoms. The molecule has 0 aromatic heterocycles. The molecule has 1 aliphatic rings. The third kappa shape index (κ3) is 5.00. The highest BCUT2D eigenvalue weighted by Gasteiger charge is 2.26. The van der Waals surface area contributed by atoms with Crippen LogP contribution < -0.4 is 4.74 Å². The Morgan fingerprint density at radius 1 is 1.07 bits per heavy atom. The van der Waals surface area contributed by atoms with Crippen molar-refractivity contribution in [3.8, 4) is 5.75 Å². The highest BCUT2D eigenvalue weighted by molar-refractivity contribution is 7.89. The molecule has 0 amide bonds. The van der Waals surface area contributed by atoms with Crippen molar-refractivity contribution in [1.29, 1.82) is 0 Å². The molecule has 2 aromatic rings. The molecule has 6 heteroatoms. The second-order valence-electron chi connectivity index (χ2n) is 7.46. The van der Waals surface area contributed by atoms with Gasteiger partial charge in [0, 0.05) is 19.5 Å². The van der Waals surface area contributed by atoms with Crippen LogP contribution in [0.1, 0.15) is 50.2 Å². The van der Waals surface area contributed by atoms with Gasteiger partial charge in [0.15, 0.2) is 0 Å². The van der Waals surface area contributed by atoms with Crippen LogP contribution >= 0.6 is 0 Å². The van der Waals surface area contributed by atoms with Crippen LogP contribution in [0.4, 0.5) is 0 Å². The molecular formula is C22H27NO4S. The number of carbonyl (C=O) groups is 1. The van der Waals surface area contributed by atoms with Gasteiger partial charge in [0.25, 0.3) is 0 Å². The lowest BCUT2D eigenvalue weighted by Crippen LogP contribution is -2.27. The summed E-state index contributed by atoms with van der Waals surface area (Å²) in [4.78, 5) is 12.5. The van der Waals surface area contributed by atoms with Crippen molar-refractivity contribution >= 4 is 16.0 Å². The molecule has 0 unspecified atom stereocenters. The summed E-state index contributed by atoms with van der Waals surface area (Å²) in [5.74, 6) is 0.631. The van der Waals surface area contributed by atoms with Crippen LogP contribution in [-0.4, -0.2) is 31.8 Å². The number of hydrogen-bond acceptors (Lipinski definition) is 4. The second kappa shape index (κ2) is 8.88. The van der Waals surface area contributed by atoms with Crippen molar-refractivity contribution in [3.63, 3.8) is 0 Å². The van der Waals surface area contributed by atoms with E-state index in [4.69, 9.17) is 4.74 Å². The summed E-state index contributed by atoms with van der Waals surface area (Å²) in [6.07, 6.45) is 2.58. The Morgan fingerprint density at radius 2 is 1.75 bits per heavy atom. The van der Waals surface area contributed by atoms with Crippen molar-refractivity contribution in [1.82, 2.24) is 4.31 Å². The number of aryl methyl sites for hydroxylation is 1. The second-order valence-corrected chi connectivity index (χ2v) is 9.39. The summed E-state index contributed by atoms with van der Waals surface area (Å²) in [5.41, 5.74) is 2.04. The molecule has 2 aromatic carbocycles. The van der Waals surface area contributed by atoms with Crippen molar-refractivity contribution in [2.45, 2.75) is 50.3 Å². The number of hydrogen-bond donors (Lipinski definition) is 0. The molecule has 0 aliphatic carbocycles. The van der Waals surface area contributed by atoms with E-state index < -0.39 is 10.0 Å². The molecule has 1 saturated heterocycles. The van der Waals surface area contributed by atoms with Gasteiger partial charge >= 0.3 is 5.97 Å². The zero-order valence-electron chi connectivity index (χ0n) is 16.4. The molecule has 1 aliphatic heterocycles. The molecule has 1 fully saturated rings. The highest BCUT2D eigenvalue weighted by atomic mass is 32.2. The maximum absolute atomic E-state index is 12.5. The first-order chi connectivity index (χ1) is 13.4. The third-order valence-electron chi connectivity index (χ3n) is 5.00. The molecule has 0 radical (unpaired) electrons. The summed E-state index contributed by atoms with van der Waals surface area (Å²) in [6.45, 7) is 5.37. The molecule has 150 valence electrons. The Morgan fingerprint density at radius 3 is 2.39 bits per heavy atom. The van der Waals surface area contributed by atoms with Crippen molar-refractivity contribution < 1.29 is 17.9 Å². The lowest BCUT2D eigenvalue weighted by Gasteiger charge is -2.15. The van der Waals surface area contributed by atoms with Crippen LogP contribution in [0.2, 0.25) is 0 Å². The molecule has 5 nitrogen and oxygen atoms in total. The number of benzene rings is 2. The molecule has 0 atom stereocenters. The zero-order chi connectivity index (χ0) is 20.1. The summed E-state index contributed by atoms with van der Waals surface area (Å²) < 4.78 is 32.0. The molecule has 0 N–H and O–H groups in total. The van der Waals surface area contributed by atoms with Crippen LogP contribution in [0.25, 0.3) is 0 Å². The Kier molecular flexibility index (Phi) is 6.52. The van der Waals surface area contributed by atoms with Crippen LogP contribution in [0.3, 0.4) is 0 Å². The maximum Gasteiger partial charge on any atom is 0.311 e. The first-order valence-corrected chi connectivity index (χ1v) is 11.2. The predicted octanol–water partition coefficient (Wildman–Crippen LogP) is 4.13. The average Bonchev–Trinajstić information content (AvgIpc) is 3.22. The van der Waals surface area contributed by atoms with Gasteiger partial charge in [0.05, 0.1) is 4.90 Å². The van der Waals surface area contributed by atoms with Gasteiger partial charge in [-0.25, -0.2) is 8.42 Å². The van der Waals surface area contributed by atoms with E-state index in [2.05, 4.69) is 13.8 Å². The van der Waals surface area contributed by atoms with Crippen molar-refractivity contribution in [2.24, 2.45) is 0 Å². The molecule has 1 heterocycles. The van der Waals surface area contributed by atoms with E-state index in [0.29, 0.717) is 36.1 Å². The Bertz CT molecular complexity index is 914. The van der Waals surface area contributed by atoms with Gasteiger partial charge < -0.3 is 4.74 Å². The summed E-state index contributed by atoms with van der Waals surface area (Å²) in [6, 6.07) is 14.4. The van der Waals surface area contributed by atoms with Crippen LogP contribution in [0.5, 0.6) is 5.75 Å². The lowest BCUT2D eigenvalue weighted by molar-refractivity contribution is -0.134. The van der Waals surface area contributed by atoms with E-state index >= 15 is 0 Å².